The van der Waals surface area contributed by atoms with E-state index in [4.69, 9.17) is 10.4 Å². The van der Waals surface area contributed by atoms with E-state index in [-0.39, 0.29) is 12.0 Å². The molecule has 0 aromatic heterocycles. The van der Waals surface area contributed by atoms with E-state index in [1.165, 1.54) is 17.8 Å². The Hall–Kier alpha value is -2.78. The first kappa shape index (κ1) is 15.6. The number of aliphatic carboxylic acids is 1. The topological polar surface area (TPSA) is 98.4 Å². The van der Waals surface area contributed by atoms with E-state index in [1.54, 1.807) is 36.4 Å². The highest BCUT2D eigenvalue weighted by Gasteiger charge is 2.13. The highest BCUT2D eigenvalue weighted by atomic mass is 32.2. The molecule has 0 amide bonds. The molecule has 2 aromatic rings. The van der Waals surface area contributed by atoms with E-state index in [1.807, 2.05) is 6.07 Å². The Morgan fingerprint density at radius 1 is 1.09 bits per heavy atom. The van der Waals surface area contributed by atoms with Crippen molar-refractivity contribution in [1.29, 1.82) is 5.26 Å². The predicted molar refractivity (Wildman–Crippen MR) is 80.0 cm³/mol. The van der Waals surface area contributed by atoms with Gasteiger partial charge >= 0.3 is 11.9 Å². The van der Waals surface area contributed by atoms with E-state index >= 15 is 0 Å². The largest absolute Gasteiger partial charge is 0.481 e. The Kier molecular flexibility index (Phi) is 4.81. The molecule has 22 heavy (non-hydrogen) atoms. The van der Waals surface area contributed by atoms with Crippen LogP contribution in [0.25, 0.3) is 0 Å². The number of carboxylic acid groups (broad SMARTS) is 2. The summed E-state index contributed by atoms with van der Waals surface area (Å²) in [6.07, 6.45) is -0.220. The molecular weight excluding hydrogens is 302 g/mol. The summed E-state index contributed by atoms with van der Waals surface area (Å²) in [5, 5.41) is 26.8. The number of aromatic carboxylic acids is 1. The fraction of sp³-hybridized carbons (Fsp3) is 0.0625. The summed E-state index contributed by atoms with van der Waals surface area (Å²) in [7, 11) is 0. The summed E-state index contributed by atoms with van der Waals surface area (Å²) in [5.41, 5.74) is 1.03. The predicted octanol–water partition coefficient (Wildman–Crippen LogP) is 3.03. The molecule has 0 radical (unpaired) electrons. The molecule has 0 aliphatic carbocycles. The summed E-state index contributed by atoms with van der Waals surface area (Å²) in [6.45, 7) is 0. The van der Waals surface area contributed by atoms with Crippen LogP contribution in [0.15, 0.2) is 52.3 Å². The minimum atomic E-state index is -1.11. The lowest BCUT2D eigenvalue weighted by Crippen LogP contribution is -2.04. The van der Waals surface area contributed by atoms with Crippen LogP contribution in [0.5, 0.6) is 0 Å². The smallest absolute Gasteiger partial charge is 0.336 e. The molecule has 0 saturated heterocycles. The summed E-state index contributed by atoms with van der Waals surface area (Å²) in [5.74, 6) is -2.12. The van der Waals surface area contributed by atoms with Gasteiger partial charge in [0.1, 0.15) is 0 Å². The summed E-state index contributed by atoms with van der Waals surface area (Å²) < 4.78 is 0. The molecule has 0 spiro atoms. The zero-order chi connectivity index (χ0) is 16.1. The van der Waals surface area contributed by atoms with Gasteiger partial charge in [0, 0.05) is 9.79 Å². The fourth-order valence-corrected chi connectivity index (χ4v) is 2.76. The maximum absolute atomic E-state index is 11.3. The van der Waals surface area contributed by atoms with Crippen molar-refractivity contribution in [2.45, 2.75) is 16.2 Å². The maximum Gasteiger partial charge on any atom is 0.336 e. The number of nitrogens with zero attached hydrogens (tertiary/aromatic N) is 1. The van der Waals surface area contributed by atoms with Crippen molar-refractivity contribution < 1.29 is 19.8 Å². The zero-order valence-electron chi connectivity index (χ0n) is 11.3. The Labute approximate surface area is 130 Å². The highest BCUT2D eigenvalue weighted by Crippen LogP contribution is 2.31. The molecular formula is C16H11NO4S. The van der Waals surface area contributed by atoms with Gasteiger partial charge in [-0.2, -0.15) is 5.26 Å². The Morgan fingerprint density at radius 3 is 2.32 bits per heavy atom. The van der Waals surface area contributed by atoms with Crippen LogP contribution in [0.1, 0.15) is 21.5 Å². The lowest BCUT2D eigenvalue weighted by molar-refractivity contribution is -0.136. The molecule has 5 nitrogen and oxygen atoms in total. The number of carbonyl (C=O) groups is 2. The van der Waals surface area contributed by atoms with E-state index in [9.17, 15) is 14.7 Å². The number of carboxylic acids is 2. The molecule has 2 N–H and O–H groups in total. The van der Waals surface area contributed by atoms with Gasteiger partial charge in [-0.05, 0) is 42.0 Å². The average Bonchev–Trinajstić information content (AvgIpc) is 2.49. The molecule has 110 valence electrons. The van der Waals surface area contributed by atoms with Crippen LogP contribution in [0, 0.1) is 11.3 Å². The van der Waals surface area contributed by atoms with E-state index in [0.717, 1.165) is 4.90 Å². The first-order valence-corrected chi connectivity index (χ1v) is 7.07. The molecule has 0 heterocycles. The first-order chi connectivity index (χ1) is 10.5. The van der Waals surface area contributed by atoms with Crippen molar-refractivity contribution in [3.63, 3.8) is 0 Å². The van der Waals surface area contributed by atoms with Gasteiger partial charge in [0.2, 0.25) is 0 Å². The van der Waals surface area contributed by atoms with Gasteiger partial charge in [-0.15, -0.1) is 0 Å². The van der Waals surface area contributed by atoms with Crippen molar-refractivity contribution >= 4 is 23.7 Å². The molecule has 0 aliphatic heterocycles. The summed E-state index contributed by atoms with van der Waals surface area (Å²) in [6, 6.07) is 13.4. The van der Waals surface area contributed by atoms with Gasteiger partial charge in [0.05, 0.1) is 23.6 Å². The van der Waals surface area contributed by atoms with Crippen LogP contribution in [-0.4, -0.2) is 22.2 Å². The number of nitriles is 1. The normalized spacial score (nSPS) is 9.95. The quantitative estimate of drug-likeness (QED) is 0.880. The average molecular weight is 313 g/mol. The van der Waals surface area contributed by atoms with E-state index in [2.05, 4.69) is 0 Å². The first-order valence-electron chi connectivity index (χ1n) is 6.25. The van der Waals surface area contributed by atoms with E-state index in [0.29, 0.717) is 16.0 Å². The molecule has 6 heteroatoms. The van der Waals surface area contributed by atoms with Crippen LogP contribution >= 0.6 is 11.8 Å². The standard InChI is InChI=1S/C16H11NO4S/c17-9-10-1-4-12(5-2-10)22-14-6-3-11(8-15(18)19)7-13(14)16(20)21/h1-7H,8H2,(H,18,19)(H,20,21). The minimum absolute atomic E-state index is 0.0631. The Balaban J connectivity index is 2.31. The van der Waals surface area contributed by atoms with Crippen molar-refractivity contribution in [2.24, 2.45) is 0 Å². The van der Waals surface area contributed by atoms with Crippen molar-refractivity contribution in [3.05, 3.63) is 59.2 Å². The lowest BCUT2D eigenvalue weighted by atomic mass is 10.1. The van der Waals surface area contributed by atoms with Crippen molar-refractivity contribution in [3.8, 4) is 6.07 Å². The second kappa shape index (κ2) is 6.78. The van der Waals surface area contributed by atoms with Crippen LogP contribution in [0.3, 0.4) is 0 Å². The fourth-order valence-electron chi connectivity index (χ4n) is 1.84. The second-order valence-corrected chi connectivity index (χ2v) is 5.56. The number of hydrogen-bond donors (Lipinski definition) is 2. The molecule has 0 fully saturated rings. The molecule has 2 aromatic carbocycles. The van der Waals surface area contributed by atoms with Crippen LogP contribution < -0.4 is 0 Å². The molecule has 0 unspecified atom stereocenters. The third-order valence-electron chi connectivity index (χ3n) is 2.84. The van der Waals surface area contributed by atoms with Gasteiger partial charge in [-0.1, -0.05) is 17.8 Å². The van der Waals surface area contributed by atoms with Gasteiger partial charge in [-0.25, -0.2) is 4.79 Å². The molecule has 0 aliphatic rings. The minimum Gasteiger partial charge on any atom is -0.481 e. The maximum atomic E-state index is 11.3. The Bertz CT molecular complexity index is 763. The third-order valence-corrected chi connectivity index (χ3v) is 3.92. The number of rotatable bonds is 5. The molecule has 0 saturated carbocycles. The zero-order valence-corrected chi connectivity index (χ0v) is 12.1. The third kappa shape index (κ3) is 3.87. The van der Waals surface area contributed by atoms with Gasteiger partial charge in [-0.3, -0.25) is 4.79 Å². The highest BCUT2D eigenvalue weighted by molar-refractivity contribution is 7.99. The van der Waals surface area contributed by atoms with Crippen molar-refractivity contribution in [2.75, 3.05) is 0 Å². The number of benzene rings is 2. The van der Waals surface area contributed by atoms with Crippen LogP contribution in [0.4, 0.5) is 0 Å². The molecule has 2 rings (SSSR count). The van der Waals surface area contributed by atoms with Gasteiger partial charge in [0.25, 0.3) is 0 Å². The van der Waals surface area contributed by atoms with Gasteiger partial charge < -0.3 is 10.2 Å². The van der Waals surface area contributed by atoms with Gasteiger partial charge in [0.15, 0.2) is 0 Å². The molecule has 0 bridgehead atoms. The second-order valence-electron chi connectivity index (χ2n) is 4.44. The van der Waals surface area contributed by atoms with Crippen molar-refractivity contribution in [1.82, 2.24) is 0 Å². The van der Waals surface area contributed by atoms with E-state index < -0.39 is 11.9 Å². The van der Waals surface area contributed by atoms with Crippen LogP contribution in [-0.2, 0) is 11.2 Å². The summed E-state index contributed by atoms with van der Waals surface area (Å²) in [4.78, 5) is 23.4. The SMILES string of the molecule is N#Cc1ccc(Sc2ccc(CC(=O)O)cc2C(=O)O)cc1. The lowest BCUT2D eigenvalue weighted by Gasteiger charge is -2.08. The monoisotopic (exact) mass is 313 g/mol. The van der Waals surface area contributed by atoms with Crippen LogP contribution in [0.2, 0.25) is 0 Å². The summed E-state index contributed by atoms with van der Waals surface area (Å²) >= 11 is 1.25. The number of hydrogen-bond acceptors (Lipinski definition) is 4. The molecule has 0 atom stereocenters. The Morgan fingerprint density at radius 2 is 1.77 bits per heavy atom.